The maximum Gasteiger partial charge on any atom is 0.317 e. The smallest absolute Gasteiger partial charge is 0.317 e. The summed E-state index contributed by atoms with van der Waals surface area (Å²) < 4.78 is 7.02. The van der Waals surface area contributed by atoms with Gasteiger partial charge in [-0.25, -0.2) is 9.48 Å². The first kappa shape index (κ1) is 19.0. The third-order valence-electron chi connectivity index (χ3n) is 4.31. The average molecular weight is 344 g/mol. The molecule has 0 aliphatic carbocycles. The minimum Gasteiger partial charge on any atom is -0.383 e. The van der Waals surface area contributed by atoms with E-state index in [-0.39, 0.29) is 12.1 Å². The van der Waals surface area contributed by atoms with E-state index in [4.69, 9.17) is 4.74 Å². The number of carbonyl (C=O) groups is 1. The Morgan fingerprint density at radius 3 is 2.64 bits per heavy atom. The zero-order chi connectivity index (χ0) is 18.6. The summed E-state index contributed by atoms with van der Waals surface area (Å²) in [7, 11) is 3.41. The number of nitrogens with one attached hydrogen (secondary N) is 1. The van der Waals surface area contributed by atoms with E-state index in [9.17, 15) is 4.79 Å². The molecule has 1 atom stereocenters. The summed E-state index contributed by atoms with van der Waals surface area (Å²) in [5.41, 5.74) is 5.29. The van der Waals surface area contributed by atoms with Crippen molar-refractivity contribution in [1.82, 2.24) is 20.0 Å². The van der Waals surface area contributed by atoms with Crippen LogP contribution in [0.5, 0.6) is 0 Å². The van der Waals surface area contributed by atoms with Gasteiger partial charge in [0.15, 0.2) is 0 Å². The van der Waals surface area contributed by atoms with Gasteiger partial charge in [0.25, 0.3) is 0 Å². The summed E-state index contributed by atoms with van der Waals surface area (Å²) in [5, 5.41) is 7.60. The fraction of sp³-hybridized carbons (Fsp3) is 0.474. The van der Waals surface area contributed by atoms with Crippen LogP contribution in [0.3, 0.4) is 0 Å². The SMILES string of the molecule is COCC(C)NC(=O)N(C)Cc1c(C)nn(-c2ccccc2C)c1C. The molecule has 136 valence electrons. The van der Waals surface area contributed by atoms with Gasteiger partial charge >= 0.3 is 6.03 Å². The van der Waals surface area contributed by atoms with Crippen LogP contribution in [-0.4, -0.2) is 47.5 Å². The van der Waals surface area contributed by atoms with Gasteiger partial charge in [-0.15, -0.1) is 0 Å². The van der Waals surface area contributed by atoms with Gasteiger partial charge in [0, 0.05) is 25.4 Å². The zero-order valence-electron chi connectivity index (χ0n) is 16.0. The molecule has 0 bridgehead atoms. The van der Waals surface area contributed by atoms with Crippen molar-refractivity contribution in [3.05, 3.63) is 46.8 Å². The number of aromatic nitrogens is 2. The van der Waals surface area contributed by atoms with E-state index in [1.54, 1.807) is 19.1 Å². The number of para-hydroxylation sites is 1. The first-order valence-corrected chi connectivity index (χ1v) is 8.46. The fourth-order valence-electron chi connectivity index (χ4n) is 2.86. The average Bonchev–Trinajstić information content (AvgIpc) is 2.83. The molecule has 1 N–H and O–H groups in total. The Hall–Kier alpha value is -2.34. The van der Waals surface area contributed by atoms with Crippen LogP contribution in [0.25, 0.3) is 5.69 Å². The van der Waals surface area contributed by atoms with Crippen LogP contribution in [-0.2, 0) is 11.3 Å². The Morgan fingerprint density at radius 1 is 1.32 bits per heavy atom. The molecule has 2 rings (SSSR count). The van der Waals surface area contributed by atoms with Crippen LogP contribution >= 0.6 is 0 Å². The lowest BCUT2D eigenvalue weighted by Gasteiger charge is -2.21. The minimum atomic E-state index is -0.119. The van der Waals surface area contributed by atoms with E-state index < -0.39 is 0 Å². The van der Waals surface area contributed by atoms with Gasteiger partial charge in [-0.05, 0) is 39.3 Å². The van der Waals surface area contributed by atoms with Crippen LogP contribution in [0.2, 0.25) is 0 Å². The van der Waals surface area contributed by atoms with E-state index in [0.717, 1.165) is 22.6 Å². The topological polar surface area (TPSA) is 59.4 Å². The van der Waals surface area contributed by atoms with Crippen molar-refractivity contribution in [2.75, 3.05) is 20.8 Å². The van der Waals surface area contributed by atoms with Crippen LogP contribution < -0.4 is 5.32 Å². The van der Waals surface area contributed by atoms with Crippen molar-refractivity contribution in [2.45, 2.75) is 40.3 Å². The highest BCUT2D eigenvalue weighted by Gasteiger charge is 2.18. The number of carbonyl (C=O) groups excluding carboxylic acids is 1. The Morgan fingerprint density at radius 2 is 2.00 bits per heavy atom. The van der Waals surface area contributed by atoms with Crippen molar-refractivity contribution < 1.29 is 9.53 Å². The number of urea groups is 1. The molecule has 0 radical (unpaired) electrons. The van der Waals surface area contributed by atoms with E-state index in [2.05, 4.69) is 29.5 Å². The maximum atomic E-state index is 12.3. The summed E-state index contributed by atoms with van der Waals surface area (Å²) in [4.78, 5) is 14.0. The Bertz CT molecular complexity index is 739. The number of hydrogen-bond acceptors (Lipinski definition) is 3. The van der Waals surface area contributed by atoms with Crippen molar-refractivity contribution >= 4 is 6.03 Å². The number of ether oxygens (including phenoxy) is 1. The second-order valence-corrected chi connectivity index (χ2v) is 6.51. The highest BCUT2D eigenvalue weighted by molar-refractivity contribution is 5.74. The quantitative estimate of drug-likeness (QED) is 0.876. The summed E-state index contributed by atoms with van der Waals surface area (Å²) >= 11 is 0. The van der Waals surface area contributed by atoms with E-state index in [1.807, 2.05) is 37.6 Å². The van der Waals surface area contributed by atoms with Crippen molar-refractivity contribution in [1.29, 1.82) is 0 Å². The van der Waals surface area contributed by atoms with Crippen LogP contribution in [0.15, 0.2) is 24.3 Å². The minimum absolute atomic E-state index is 0.0307. The highest BCUT2D eigenvalue weighted by atomic mass is 16.5. The number of methoxy groups -OCH3 is 1. The standard InChI is InChI=1S/C19H28N4O2/c1-13-9-7-8-10-18(13)23-16(4)17(15(3)21-23)11-22(5)19(24)20-14(2)12-25-6/h7-10,14H,11-12H2,1-6H3,(H,20,24). The van der Waals surface area contributed by atoms with Crippen molar-refractivity contribution in [3.8, 4) is 5.69 Å². The van der Waals surface area contributed by atoms with Crippen molar-refractivity contribution in [2.24, 2.45) is 0 Å². The molecular weight excluding hydrogens is 316 g/mol. The zero-order valence-corrected chi connectivity index (χ0v) is 16.0. The Labute approximate surface area is 149 Å². The second-order valence-electron chi connectivity index (χ2n) is 6.51. The van der Waals surface area contributed by atoms with Gasteiger partial charge in [0.05, 0.1) is 30.6 Å². The predicted octanol–water partition coefficient (Wildman–Crippen LogP) is 2.97. The maximum absolute atomic E-state index is 12.3. The number of aryl methyl sites for hydroxylation is 2. The summed E-state index contributed by atoms with van der Waals surface area (Å²) in [6, 6.07) is 8.01. The monoisotopic (exact) mass is 344 g/mol. The van der Waals surface area contributed by atoms with E-state index >= 15 is 0 Å². The second kappa shape index (κ2) is 8.16. The molecule has 6 nitrogen and oxygen atoms in total. The van der Waals surface area contributed by atoms with Gasteiger partial charge in [-0.1, -0.05) is 18.2 Å². The molecule has 0 saturated carbocycles. The lowest BCUT2D eigenvalue weighted by molar-refractivity contribution is 0.162. The van der Waals surface area contributed by atoms with Crippen LogP contribution in [0.4, 0.5) is 4.79 Å². The number of benzene rings is 1. The van der Waals surface area contributed by atoms with E-state index in [1.165, 1.54) is 5.56 Å². The van der Waals surface area contributed by atoms with Gasteiger partial charge in [-0.3, -0.25) is 0 Å². The molecular formula is C19H28N4O2. The molecule has 0 saturated heterocycles. The number of amides is 2. The fourth-order valence-corrected chi connectivity index (χ4v) is 2.86. The summed E-state index contributed by atoms with van der Waals surface area (Å²) in [6.45, 7) is 9.01. The molecule has 0 aliphatic rings. The number of nitrogens with zero attached hydrogens (tertiary/aromatic N) is 3. The lowest BCUT2D eigenvalue weighted by Crippen LogP contribution is -2.43. The van der Waals surface area contributed by atoms with Gasteiger partial charge < -0.3 is 15.0 Å². The summed E-state index contributed by atoms with van der Waals surface area (Å²) in [6.07, 6.45) is 0. The van der Waals surface area contributed by atoms with Crippen LogP contribution in [0.1, 0.15) is 29.4 Å². The highest BCUT2D eigenvalue weighted by Crippen LogP contribution is 2.21. The molecule has 0 spiro atoms. The van der Waals surface area contributed by atoms with Gasteiger partial charge in [0.1, 0.15) is 0 Å². The van der Waals surface area contributed by atoms with Gasteiger partial charge in [0.2, 0.25) is 0 Å². The molecule has 25 heavy (non-hydrogen) atoms. The third kappa shape index (κ3) is 4.39. The summed E-state index contributed by atoms with van der Waals surface area (Å²) in [5.74, 6) is 0. The van der Waals surface area contributed by atoms with Crippen LogP contribution in [0, 0.1) is 20.8 Å². The molecule has 0 aliphatic heterocycles. The first-order valence-electron chi connectivity index (χ1n) is 8.46. The normalized spacial score (nSPS) is 12.1. The molecule has 2 amide bonds. The van der Waals surface area contributed by atoms with Gasteiger partial charge in [-0.2, -0.15) is 5.10 Å². The largest absolute Gasteiger partial charge is 0.383 e. The molecule has 6 heteroatoms. The first-order chi connectivity index (χ1) is 11.8. The molecule has 1 unspecified atom stereocenters. The number of hydrogen-bond donors (Lipinski definition) is 1. The Kier molecular flexibility index (Phi) is 6.20. The molecule has 1 heterocycles. The molecule has 0 fully saturated rings. The van der Waals surface area contributed by atoms with Crippen molar-refractivity contribution in [3.63, 3.8) is 0 Å². The lowest BCUT2D eigenvalue weighted by atomic mass is 10.1. The molecule has 1 aromatic heterocycles. The Balaban J connectivity index is 2.18. The van der Waals surface area contributed by atoms with E-state index in [0.29, 0.717) is 13.2 Å². The number of rotatable bonds is 6. The molecule has 1 aromatic carbocycles. The molecule has 2 aromatic rings. The predicted molar refractivity (Wildman–Crippen MR) is 99.1 cm³/mol. The third-order valence-corrected chi connectivity index (χ3v) is 4.31.